The second kappa shape index (κ2) is 10.1. The van der Waals surface area contributed by atoms with Gasteiger partial charge in [-0.05, 0) is 112 Å². The van der Waals surface area contributed by atoms with Gasteiger partial charge < -0.3 is 10.8 Å². The molecule has 0 aliphatic heterocycles. The summed E-state index contributed by atoms with van der Waals surface area (Å²) in [7, 11) is 0. The van der Waals surface area contributed by atoms with Gasteiger partial charge in [-0.1, -0.05) is 57.4 Å². The number of hydrogen-bond acceptors (Lipinski definition) is 2. The molecular weight excluding hydrogens is 378 g/mol. The van der Waals surface area contributed by atoms with Gasteiger partial charge in [-0.25, -0.2) is 0 Å². The lowest BCUT2D eigenvalue weighted by atomic mass is 9.50. The molecule has 0 heterocycles. The Kier molecular flexibility index (Phi) is 8.17. The third-order valence-corrected chi connectivity index (χ3v) is 10.2. The molecule has 4 rings (SSSR count). The number of aliphatic hydroxyl groups excluding tert-OH is 1. The van der Waals surface area contributed by atoms with Crippen molar-refractivity contribution in [2.45, 2.75) is 118 Å². The molecule has 0 amide bonds. The van der Waals surface area contributed by atoms with Gasteiger partial charge in [0.15, 0.2) is 0 Å². The molecule has 6 unspecified atom stereocenters. The smallest absolute Gasteiger partial charge is 0.0543 e. The molecule has 2 fully saturated rings. The minimum absolute atomic E-state index is 0.0438. The highest BCUT2D eigenvalue weighted by Crippen LogP contribution is 2.65. The van der Waals surface area contributed by atoms with Gasteiger partial charge in [0.05, 0.1) is 6.10 Å². The van der Waals surface area contributed by atoms with Crippen molar-refractivity contribution in [1.29, 1.82) is 0 Å². The predicted molar refractivity (Wildman–Crippen MR) is 134 cm³/mol. The molecule has 0 spiro atoms. The van der Waals surface area contributed by atoms with Crippen molar-refractivity contribution in [3.05, 3.63) is 22.8 Å². The average molecular weight is 430 g/mol. The molecule has 0 bridgehead atoms. The Bertz CT molecular complexity index is 678. The van der Waals surface area contributed by atoms with Crippen LogP contribution in [0, 0.1) is 34.5 Å². The predicted octanol–water partition coefficient (Wildman–Crippen LogP) is 7.42. The summed E-state index contributed by atoms with van der Waals surface area (Å²) in [5.74, 6) is 3.25. The van der Waals surface area contributed by atoms with Crippen LogP contribution in [0.25, 0.3) is 0 Å². The minimum atomic E-state index is -0.0438. The Morgan fingerprint density at radius 2 is 1.87 bits per heavy atom. The highest BCUT2D eigenvalue weighted by Gasteiger charge is 2.55. The molecule has 2 nitrogen and oxygen atoms in total. The Morgan fingerprint density at radius 3 is 2.58 bits per heavy atom. The van der Waals surface area contributed by atoms with Gasteiger partial charge in [-0.15, -0.1) is 0 Å². The summed E-state index contributed by atoms with van der Waals surface area (Å²) in [6.45, 7) is 14.6. The molecule has 2 saturated carbocycles. The van der Waals surface area contributed by atoms with E-state index in [1.54, 1.807) is 0 Å². The lowest BCUT2D eigenvalue weighted by Gasteiger charge is -2.55. The second-order valence-corrected chi connectivity index (χ2v) is 11.6. The fourth-order valence-electron chi connectivity index (χ4n) is 8.29. The summed E-state index contributed by atoms with van der Waals surface area (Å²) in [6, 6.07) is 0. The van der Waals surface area contributed by atoms with Crippen LogP contribution in [0.3, 0.4) is 0 Å². The largest absolute Gasteiger partial charge is 0.393 e. The summed E-state index contributed by atoms with van der Waals surface area (Å²) < 4.78 is 0. The summed E-state index contributed by atoms with van der Waals surface area (Å²) in [6.07, 6.45) is 16.3. The zero-order chi connectivity index (χ0) is 22.8. The van der Waals surface area contributed by atoms with Crippen LogP contribution < -0.4 is 5.73 Å². The maximum atomic E-state index is 10.2. The first-order valence-corrected chi connectivity index (χ1v) is 13.6. The van der Waals surface area contributed by atoms with Gasteiger partial charge >= 0.3 is 0 Å². The van der Waals surface area contributed by atoms with E-state index in [4.69, 9.17) is 5.73 Å². The standard InChI is InChI=1S/C27H45NO.C2H6/c1-18(17-28)6-5-7-19(2)23-10-11-24-22-9-8-20-16-21(29)12-14-26(20,3)25(22)13-15-27(23,24)4;1-2/h6,19-21,23-24,29H,5,7-17,28H2,1-4H3;1-2H3/b18-6+;/t19-,20?,21?,23?,24?,26?,27?;/m1./s1. The van der Waals surface area contributed by atoms with Crippen molar-refractivity contribution in [2.24, 2.45) is 40.2 Å². The van der Waals surface area contributed by atoms with E-state index in [1.807, 2.05) is 25.0 Å². The first-order chi connectivity index (χ1) is 14.8. The zero-order valence-corrected chi connectivity index (χ0v) is 21.5. The van der Waals surface area contributed by atoms with E-state index in [1.165, 1.54) is 63.4 Å². The second-order valence-electron chi connectivity index (χ2n) is 11.6. The van der Waals surface area contributed by atoms with E-state index in [2.05, 4.69) is 33.8 Å². The Hall–Kier alpha value is -0.600. The molecule has 2 heteroatoms. The maximum Gasteiger partial charge on any atom is 0.0543 e. The topological polar surface area (TPSA) is 46.2 Å². The van der Waals surface area contributed by atoms with Crippen LogP contribution in [0.15, 0.2) is 22.8 Å². The Labute approximate surface area is 193 Å². The van der Waals surface area contributed by atoms with Gasteiger partial charge in [-0.2, -0.15) is 0 Å². The Morgan fingerprint density at radius 1 is 1.13 bits per heavy atom. The molecule has 0 aromatic heterocycles. The van der Waals surface area contributed by atoms with E-state index < -0.39 is 0 Å². The van der Waals surface area contributed by atoms with Crippen molar-refractivity contribution in [1.82, 2.24) is 0 Å². The van der Waals surface area contributed by atoms with Crippen LogP contribution in [0.4, 0.5) is 0 Å². The molecule has 0 saturated heterocycles. The molecule has 3 N–H and O–H groups in total. The van der Waals surface area contributed by atoms with Crippen molar-refractivity contribution in [3.8, 4) is 0 Å². The fourth-order valence-corrected chi connectivity index (χ4v) is 8.29. The molecule has 0 radical (unpaired) electrons. The first kappa shape index (κ1) is 25.0. The van der Waals surface area contributed by atoms with Crippen molar-refractivity contribution in [3.63, 3.8) is 0 Å². The molecule has 31 heavy (non-hydrogen) atoms. The van der Waals surface area contributed by atoms with E-state index >= 15 is 0 Å². The van der Waals surface area contributed by atoms with Gasteiger partial charge in [0, 0.05) is 6.54 Å². The van der Waals surface area contributed by atoms with Crippen molar-refractivity contribution in [2.75, 3.05) is 6.54 Å². The van der Waals surface area contributed by atoms with Crippen LogP contribution in [0.2, 0.25) is 0 Å². The van der Waals surface area contributed by atoms with Crippen molar-refractivity contribution < 1.29 is 5.11 Å². The number of fused-ring (bicyclic) bond motifs is 4. The molecule has 4 aliphatic carbocycles. The molecule has 7 atom stereocenters. The monoisotopic (exact) mass is 429 g/mol. The minimum Gasteiger partial charge on any atom is -0.393 e. The molecule has 4 aliphatic rings. The zero-order valence-electron chi connectivity index (χ0n) is 21.5. The van der Waals surface area contributed by atoms with E-state index in [0.717, 1.165) is 36.5 Å². The maximum absolute atomic E-state index is 10.2. The lowest BCUT2D eigenvalue weighted by Crippen LogP contribution is -2.45. The van der Waals surface area contributed by atoms with Gasteiger partial charge in [0.1, 0.15) is 0 Å². The van der Waals surface area contributed by atoms with E-state index in [-0.39, 0.29) is 6.10 Å². The van der Waals surface area contributed by atoms with Gasteiger partial charge in [-0.3, -0.25) is 0 Å². The first-order valence-electron chi connectivity index (χ1n) is 13.6. The SMILES string of the molecule is C/C(=C\CC[C@@H](C)C1CCC2C3=C(CCC21C)C1(C)CCC(O)CC1CC3)CN.CC. The molecular formula is C29H51NO. The fraction of sp³-hybridized carbons (Fsp3) is 0.862. The quantitative estimate of drug-likeness (QED) is 0.447. The summed E-state index contributed by atoms with van der Waals surface area (Å²) in [5.41, 5.74) is 11.8. The average Bonchev–Trinajstić information content (AvgIpc) is 3.12. The summed E-state index contributed by atoms with van der Waals surface area (Å²) in [4.78, 5) is 0. The number of hydrogen-bond donors (Lipinski definition) is 2. The van der Waals surface area contributed by atoms with Crippen LogP contribution in [0.1, 0.15) is 112 Å². The Balaban J connectivity index is 0.00000132. The third kappa shape index (κ3) is 4.58. The summed E-state index contributed by atoms with van der Waals surface area (Å²) >= 11 is 0. The molecule has 178 valence electrons. The van der Waals surface area contributed by atoms with Gasteiger partial charge in [0.2, 0.25) is 0 Å². The van der Waals surface area contributed by atoms with Crippen molar-refractivity contribution >= 4 is 0 Å². The number of allylic oxidation sites excluding steroid dienone is 3. The highest BCUT2D eigenvalue weighted by atomic mass is 16.3. The summed E-state index contributed by atoms with van der Waals surface area (Å²) in [5, 5.41) is 10.2. The van der Waals surface area contributed by atoms with Gasteiger partial charge in [0.25, 0.3) is 0 Å². The lowest BCUT2D eigenvalue weighted by molar-refractivity contribution is 0.0133. The number of rotatable bonds is 5. The third-order valence-electron chi connectivity index (χ3n) is 10.2. The number of aliphatic hydroxyl groups is 1. The van der Waals surface area contributed by atoms with Crippen LogP contribution in [-0.4, -0.2) is 17.8 Å². The number of nitrogens with two attached hydrogens (primary N) is 1. The van der Waals surface area contributed by atoms with Crippen LogP contribution >= 0.6 is 0 Å². The van der Waals surface area contributed by atoms with E-state index in [0.29, 0.717) is 17.4 Å². The van der Waals surface area contributed by atoms with Crippen LogP contribution in [0.5, 0.6) is 0 Å². The molecule has 0 aromatic carbocycles. The normalized spacial score (nSPS) is 41.0. The van der Waals surface area contributed by atoms with Crippen LogP contribution in [-0.2, 0) is 0 Å². The van der Waals surface area contributed by atoms with E-state index in [9.17, 15) is 5.11 Å². The highest BCUT2D eigenvalue weighted by molar-refractivity contribution is 5.34. The molecule has 0 aromatic rings.